The van der Waals surface area contributed by atoms with Crippen LogP contribution in [-0.2, 0) is 6.54 Å². The van der Waals surface area contributed by atoms with E-state index < -0.39 is 0 Å². The normalized spacial score (nSPS) is 11.0. The topological polar surface area (TPSA) is 15.3 Å². The van der Waals surface area contributed by atoms with Gasteiger partial charge in [0.25, 0.3) is 0 Å². The van der Waals surface area contributed by atoms with Crippen molar-refractivity contribution in [3.63, 3.8) is 0 Å². The molecule has 0 aliphatic carbocycles. The highest BCUT2D eigenvalue weighted by Gasteiger charge is 2.11. The summed E-state index contributed by atoms with van der Waals surface area (Å²) in [6.07, 6.45) is 0. The van der Waals surface area contributed by atoms with Crippen LogP contribution < -0.4 is 10.2 Å². The van der Waals surface area contributed by atoms with Crippen molar-refractivity contribution in [1.82, 2.24) is 0 Å². The molecule has 0 fully saturated rings. The fourth-order valence-electron chi connectivity index (χ4n) is 1.85. The van der Waals surface area contributed by atoms with Crippen molar-refractivity contribution in [3.8, 4) is 0 Å². The molecule has 0 aliphatic rings. The molecule has 114 valence electrons. The summed E-state index contributed by atoms with van der Waals surface area (Å²) in [5, 5.41) is 3.25. The Bertz CT molecular complexity index is 609. The SMILES string of the molecule is CC(C)N(C)c1ccc(NCc2cc(Br)c(Br)s2)cc1F. The Morgan fingerprint density at radius 2 is 2.00 bits per heavy atom. The third-order valence-electron chi connectivity index (χ3n) is 3.27. The molecule has 21 heavy (non-hydrogen) atoms. The summed E-state index contributed by atoms with van der Waals surface area (Å²) in [6.45, 7) is 4.75. The minimum Gasteiger partial charge on any atom is -0.380 e. The Morgan fingerprint density at radius 1 is 1.29 bits per heavy atom. The van der Waals surface area contributed by atoms with Crippen LogP contribution in [-0.4, -0.2) is 13.1 Å². The van der Waals surface area contributed by atoms with Gasteiger partial charge >= 0.3 is 0 Å². The fourth-order valence-corrected chi connectivity index (χ4v) is 3.97. The van der Waals surface area contributed by atoms with Gasteiger partial charge in [0.05, 0.1) is 9.47 Å². The lowest BCUT2D eigenvalue weighted by Crippen LogP contribution is -2.26. The van der Waals surface area contributed by atoms with Gasteiger partial charge in [-0.1, -0.05) is 0 Å². The first-order chi connectivity index (χ1) is 9.88. The second-order valence-electron chi connectivity index (χ2n) is 5.06. The zero-order valence-corrected chi connectivity index (χ0v) is 16.1. The average molecular weight is 436 g/mol. The van der Waals surface area contributed by atoms with E-state index in [0.717, 1.165) is 13.9 Å². The monoisotopic (exact) mass is 434 g/mol. The van der Waals surface area contributed by atoms with E-state index >= 15 is 0 Å². The maximum atomic E-state index is 14.2. The van der Waals surface area contributed by atoms with E-state index in [0.29, 0.717) is 12.2 Å². The molecule has 1 N–H and O–H groups in total. The van der Waals surface area contributed by atoms with Gasteiger partial charge in [0, 0.05) is 34.7 Å². The Balaban J connectivity index is 2.06. The summed E-state index contributed by atoms with van der Waals surface area (Å²) in [5.74, 6) is -0.204. The van der Waals surface area contributed by atoms with Crippen molar-refractivity contribution >= 4 is 54.6 Å². The Morgan fingerprint density at radius 3 is 2.52 bits per heavy atom. The van der Waals surface area contributed by atoms with Crippen LogP contribution in [0.3, 0.4) is 0 Å². The first-order valence-corrected chi connectivity index (χ1v) is 8.98. The molecule has 0 saturated heterocycles. The summed E-state index contributed by atoms with van der Waals surface area (Å²) in [4.78, 5) is 3.10. The number of hydrogen-bond acceptors (Lipinski definition) is 3. The highest BCUT2D eigenvalue weighted by atomic mass is 79.9. The molecule has 0 aliphatic heterocycles. The predicted molar refractivity (Wildman–Crippen MR) is 97.0 cm³/mol. The largest absolute Gasteiger partial charge is 0.380 e. The standard InChI is InChI=1S/C15H17Br2FN2S/c1-9(2)20(3)14-5-4-10(6-13(14)18)19-8-11-7-12(16)15(17)21-11/h4-7,9,19H,8H2,1-3H3. The van der Waals surface area contributed by atoms with Crippen LogP contribution in [0.1, 0.15) is 18.7 Å². The highest BCUT2D eigenvalue weighted by molar-refractivity contribution is 9.13. The lowest BCUT2D eigenvalue weighted by molar-refractivity contribution is 0.614. The van der Waals surface area contributed by atoms with Crippen molar-refractivity contribution in [2.75, 3.05) is 17.3 Å². The molecule has 0 amide bonds. The quantitative estimate of drug-likeness (QED) is 0.631. The fraction of sp³-hybridized carbons (Fsp3) is 0.333. The molecule has 0 radical (unpaired) electrons. The highest BCUT2D eigenvalue weighted by Crippen LogP contribution is 2.33. The van der Waals surface area contributed by atoms with Crippen molar-refractivity contribution < 1.29 is 4.39 Å². The van der Waals surface area contributed by atoms with Crippen LogP contribution in [0, 0.1) is 5.82 Å². The minimum absolute atomic E-state index is 0.204. The summed E-state index contributed by atoms with van der Waals surface area (Å²) in [5.41, 5.74) is 1.41. The second-order valence-corrected chi connectivity index (χ2v) is 8.37. The van der Waals surface area contributed by atoms with Crippen LogP contribution in [0.4, 0.5) is 15.8 Å². The number of rotatable bonds is 5. The van der Waals surface area contributed by atoms with E-state index in [-0.39, 0.29) is 11.9 Å². The smallest absolute Gasteiger partial charge is 0.148 e. The van der Waals surface area contributed by atoms with Crippen LogP contribution >= 0.6 is 43.2 Å². The van der Waals surface area contributed by atoms with Crippen molar-refractivity contribution in [2.24, 2.45) is 0 Å². The molecular weight excluding hydrogens is 419 g/mol. The van der Waals surface area contributed by atoms with Gasteiger partial charge in [-0.2, -0.15) is 0 Å². The molecule has 0 unspecified atom stereocenters. The van der Waals surface area contributed by atoms with E-state index in [2.05, 4.69) is 43.2 Å². The summed E-state index contributed by atoms with van der Waals surface area (Å²) in [6, 6.07) is 7.59. The molecule has 0 spiro atoms. The Labute approximate surface area is 145 Å². The Hall–Kier alpha value is -0.590. The van der Waals surface area contributed by atoms with E-state index in [1.54, 1.807) is 17.4 Å². The lowest BCUT2D eigenvalue weighted by atomic mass is 10.2. The van der Waals surface area contributed by atoms with Gasteiger partial charge < -0.3 is 10.2 Å². The molecule has 2 aromatic rings. The maximum Gasteiger partial charge on any atom is 0.148 e. The zero-order valence-electron chi connectivity index (χ0n) is 12.1. The maximum absolute atomic E-state index is 14.2. The van der Waals surface area contributed by atoms with Crippen molar-refractivity contribution in [2.45, 2.75) is 26.4 Å². The molecule has 0 saturated carbocycles. The molecule has 1 heterocycles. The number of benzene rings is 1. The van der Waals surface area contributed by atoms with Gasteiger partial charge in [-0.05, 0) is 70.0 Å². The van der Waals surface area contributed by atoms with Gasteiger partial charge in [0.2, 0.25) is 0 Å². The molecular formula is C15H17Br2FN2S. The molecule has 0 atom stereocenters. The number of nitrogens with zero attached hydrogens (tertiary/aromatic N) is 1. The first-order valence-electron chi connectivity index (χ1n) is 6.58. The van der Waals surface area contributed by atoms with Gasteiger partial charge in [-0.15, -0.1) is 11.3 Å². The lowest BCUT2D eigenvalue weighted by Gasteiger charge is -2.24. The van der Waals surface area contributed by atoms with Gasteiger partial charge in [-0.25, -0.2) is 4.39 Å². The molecule has 2 nitrogen and oxygen atoms in total. The van der Waals surface area contributed by atoms with Gasteiger partial charge in [-0.3, -0.25) is 0 Å². The first kappa shape index (κ1) is 16.8. The second kappa shape index (κ2) is 7.11. The van der Waals surface area contributed by atoms with Crippen LogP contribution in [0.5, 0.6) is 0 Å². The molecule has 1 aromatic carbocycles. The number of hydrogen-bond donors (Lipinski definition) is 1. The summed E-state index contributed by atoms with van der Waals surface area (Å²) >= 11 is 8.59. The van der Waals surface area contributed by atoms with E-state index in [9.17, 15) is 4.39 Å². The summed E-state index contributed by atoms with van der Waals surface area (Å²) in [7, 11) is 1.90. The van der Waals surface area contributed by atoms with E-state index in [4.69, 9.17) is 0 Å². The third kappa shape index (κ3) is 4.20. The Kier molecular flexibility index (Phi) is 5.68. The number of nitrogens with one attached hydrogen (secondary N) is 1. The van der Waals surface area contributed by atoms with Crippen LogP contribution in [0.2, 0.25) is 0 Å². The molecule has 6 heteroatoms. The van der Waals surface area contributed by atoms with Crippen molar-refractivity contribution in [1.29, 1.82) is 0 Å². The zero-order chi connectivity index (χ0) is 15.6. The molecule has 0 bridgehead atoms. The third-order valence-corrected chi connectivity index (χ3v) is 6.52. The minimum atomic E-state index is -0.204. The van der Waals surface area contributed by atoms with Crippen LogP contribution in [0.25, 0.3) is 0 Å². The van der Waals surface area contributed by atoms with E-state index in [1.807, 2.05) is 37.9 Å². The van der Waals surface area contributed by atoms with E-state index in [1.165, 1.54) is 4.88 Å². The predicted octanol–water partition coefficient (Wildman–Crippen LogP) is 5.87. The van der Waals surface area contributed by atoms with Gasteiger partial charge in [0.15, 0.2) is 0 Å². The average Bonchev–Trinajstić information content (AvgIpc) is 2.75. The molecule has 2 rings (SSSR count). The van der Waals surface area contributed by atoms with Crippen molar-refractivity contribution in [3.05, 3.63) is 43.2 Å². The number of halogens is 3. The van der Waals surface area contributed by atoms with Crippen LogP contribution in [0.15, 0.2) is 32.5 Å². The number of thiophene rings is 1. The van der Waals surface area contributed by atoms with Gasteiger partial charge in [0.1, 0.15) is 5.82 Å². The number of anilines is 2. The molecule has 1 aromatic heterocycles. The summed E-state index contributed by atoms with van der Waals surface area (Å²) < 4.78 is 16.3.